The number of nitrogens with zero attached hydrogens (tertiary/aromatic N) is 4. The molecule has 0 bridgehead atoms. The van der Waals surface area contributed by atoms with Gasteiger partial charge in [0.05, 0.1) is 42.3 Å². The topological polar surface area (TPSA) is 93.2 Å². The van der Waals surface area contributed by atoms with E-state index in [0.29, 0.717) is 24.7 Å². The third-order valence-electron chi connectivity index (χ3n) is 7.77. The van der Waals surface area contributed by atoms with Crippen molar-refractivity contribution in [1.29, 1.82) is 0 Å². The number of carbonyl (C=O) groups is 1. The van der Waals surface area contributed by atoms with Crippen molar-refractivity contribution in [2.45, 2.75) is 45.7 Å². The van der Waals surface area contributed by atoms with Crippen molar-refractivity contribution in [3.05, 3.63) is 82.0 Å². The van der Waals surface area contributed by atoms with Crippen LogP contribution in [0.5, 0.6) is 5.75 Å². The summed E-state index contributed by atoms with van der Waals surface area (Å²) >= 11 is 6.19. The fourth-order valence-corrected chi connectivity index (χ4v) is 5.43. The molecule has 1 N–H and O–H groups in total. The highest BCUT2D eigenvalue weighted by Gasteiger charge is 2.25. The number of piperazine rings is 1. The molecule has 2 aromatic heterocycles. The Bertz CT molecular complexity index is 1500. The molecule has 2 aliphatic rings. The number of fused-ring (bicyclic) bond motifs is 1. The van der Waals surface area contributed by atoms with Crippen LogP contribution in [-0.2, 0) is 31.0 Å². The molecule has 0 spiro atoms. The van der Waals surface area contributed by atoms with E-state index >= 15 is 0 Å². The van der Waals surface area contributed by atoms with Gasteiger partial charge in [0.25, 0.3) is 0 Å². The maximum absolute atomic E-state index is 11.6. The number of furan rings is 1. The van der Waals surface area contributed by atoms with Crippen LogP contribution in [0, 0.1) is 6.92 Å². The Morgan fingerprint density at radius 1 is 1.07 bits per heavy atom. The van der Waals surface area contributed by atoms with Crippen LogP contribution in [0.3, 0.4) is 0 Å². The molecule has 0 aliphatic carbocycles. The summed E-state index contributed by atoms with van der Waals surface area (Å²) in [4.78, 5) is 21.2. The molecule has 0 saturated carbocycles. The van der Waals surface area contributed by atoms with Gasteiger partial charge in [0.1, 0.15) is 29.7 Å². The fraction of sp³-hybridized carbons (Fsp3) is 0.400. The van der Waals surface area contributed by atoms with E-state index in [0.717, 1.165) is 85.4 Å². The minimum Gasteiger partial charge on any atom is -0.485 e. The van der Waals surface area contributed by atoms with Crippen molar-refractivity contribution in [3.63, 3.8) is 0 Å². The number of rotatable bonds is 10. The predicted octanol–water partition coefficient (Wildman–Crippen LogP) is 4.98. The van der Waals surface area contributed by atoms with E-state index in [1.165, 1.54) is 0 Å². The van der Waals surface area contributed by atoms with Crippen LogP contribution < -0.4 is 4.74 Å². The molecule has 0 amide bonds. The van der Waals surface area contributed by atoms with Gasteiger partial charge in [-0.1, -0.05) is 17.7 Å². The molecule has 10 heteroatoms. The van der Waals surface area contributed by atoms with E-state index in [2.05, 4.69) is 14.4 Å². The van der Waals surface area contributed by atoms with Crippen LogP contribution in [0.2, 0.25) is 5.02 Å². The summed E-state index contributed by atoms with van der Waals surface area (Å²) in [6.07, 6.45) is 1.16. The Morgan fingerprint density at radius 2 is 1.82 bits per heavy atom. The average Bonchev–Trinajstić information content (AvgIpc) is 3.51. The molecule has 40 heavy (non-hydrogen) atoms. The Kier molecular flexibility index (Phi) is 7.80. The zero-order chi connectivity index (χ0) is 27.6. The van der Waals surface area contributed by atoms with Crippen molar-refractivity contribution in [1.82, 2.24) is 19.4 Å². The maximum Gasteiger partial charge on any atom is 0.335 e. The van der Waals surface area contributed by atoms with Gasteiger partial charge in [-0.3, -0.25) is 9.80 Å². The molecule has 9 nitrogen and oxygen atoms in total. The van der Waals surface area contributed by atoms with Gasteiger partial charge >= 0.3 is 5.97 Å². The number of halogens is 1. The molecule has 2 fully saturated rings. The summed E-state index contributed by atoms with van der Waals surface area (Å²) in [5.41, 5.74) is 2.87. The van der Waals surface area contributed by atoms with Crippen LogP contribution >= 0.6 is 11.6 Å². The summed E-state index contributed by atoms with van der Waals surface area (Å²) in [7, 11) is 0. The second-order valence-corrected chi connectivity index (χ2v) is 10.9. The number of benzene rings is 2. The van der Waals surface area contributed by atoms with Gasteiger partial charge in [0.15, 0.2) is 0 Å². The van der Waals surface area contributed by atoms with Gasteiger partial charge in [0, 0.05) is 43.4 Å². The van der Waals surface area contributed by atoms with Crippen LogP contribution in [-0.4, -0.2) is 69.3 Å². The highest BCUT2D eigenvalue weighted by atomic mass is 35.5. The van der Waals surface area contributed by atoms with Crippen LogP contribution in [0.25, 0.3) is 11.0 Å². The molecule has 4 heterocycles. The maximum atomic E-state index is 11.6. The molecule has 4 aromatic rings. The zero-order valence-electron chi connectivity index (χ0n) is 22.5. The number of imidazole rings is 1. The number of aromatic carboxylic acids is 1. The lowest BCUT2D eigenvalue weighted by molar-refractivity contribution is -0.0592. The van der Waals surface area contributed by atoms with Gasteiger partial charge < -0.3 is 23.6 Å². The normalized spacial score (nSPS) is 18.2. The van der Waals surface area contributed by atoms with E-state index in [-0.39, 0.29) is 11.7 Å². The second-order valence-electron chi connectivity index (χ2n) is 10.5. The molecule has 0 radical (unpaired) electrons. The second kappa shape index (κ2) is 11.6. The van der Waals surface area contributed by atoms with Gasteiger partial charge in [0.2, 0.25) is 0 Å². The SMILES string of the molecule is Cc1c(Cl)cccc1OCc1ccc(CN2CCN(Cc3nc4ccc(C(=O)O)cc4n3C[C@@H]3CCO3)CC2)o1. The Labute approximate surface area is 237 Å². The van der Waals surface area contributed by atoms with Crippen molar-refractivity contribution in [2.24, 2.45) is 0 Å². The van der Waals surface area contributed by atoms with Crippen LogP contribution in [0.15, 0.2) is 52.9 Å². The minimum absolute atomic E-state index is 0.152. The lowest BCUT2D eigenvalue weighted by Crippen LogP contribution is -2.45. The number of ether oxygens (including phenoxy) is 2. The van der Waals surface area contributed by atoms with E-state index in [4.69, 9.17) is 30.5 Å². The molecule has 2 aromatic carbocycles. The quantitative estimate of drug-likeness (QED) is 0.288. The lowest BCUT2D eigenvalue weighted by Gasteiger charge is -2.34. The third kappa shape index (κ3) is 5.88. The Morgan fingerprint density at radius 3 is 2.55 bits per heavy atom. The largest absolute Gasteiger partial charge is 0.485 e. The molecule has 2 aliphatic heterocycles. The smallest absolute Gasteiger partial charge is 0.335 e. The number of hydrogen-bond donors (Lipinski definition) is 1. The van der Waals surface area contributed by atoms with E-state index < -0.39 is 5.97 Å². The average molecular weight is 565 g/mol. The van der Waals surface area contributed by atoms with Gasteiger partial charge in [-0.2, -0.15) is 0 Å². The molecule has 2 saturated heterocycles. The first-order chi connectivity index (χ1) is 19.4. The number of aromatic nitrogens is 2. The highest BCUT2D eigenvalue weighted by molar-refractivity contribution is 6.31. The van der Waals surface area contributed by atoms with Gasteiger partial charge in [-0.25, -0.2) is 9.78 Å². The summed E-state index contributed by atoms with van der Waals surface area (Å²) < 4.78 is 19.8. The van der Waals surface area contributed by atoms with Crippen molar-refractivity contribution in [2.75, 3.05) is 32.8 Å². The first kappa shape index (κ1) is 26.8. The number of hydrogen-bond acceptors (Lipinski definition) is 7. The monoisotopic (exact) mass is 564 g/mol. The molecular weight excluding hydrogens is 532 g/mol. The third-order valence-corrected chi connectivity index (χ3v) is 8.18. The Balaban J connectivity index is 1.05. The van der Waals surface area contributed by atoms with Gasteiger partial charge in [-0.15, -0.1) is 0 Å². The summed E-state index contributed by atoms with van der Waals surface area (Å²) in [6.45, 7) is 8.89. The number of carboxylic acids is 1. The standard InChI is InChI=1S/C30H33ClN4O5/c1-20-25(31)3-2-4-28(20)39-19-24-7-6-23(40-24)16-33-10-12-34(13-11-33)18-29-32-26-8-5-21(30(36)37)15-27(26)35(29)17-22-9-14-38-22/h2-8,15,22H,9-14,16-19H2,1H3,(H,36,37)/t22-/m0/s1. The fourth-order valence-electron chi connectivity index (χ4n) is 5.27. The highest BCUT2D eigenvalue weighted by Crippen LogP contribution is 2.27. The first-order valence-corrected chi connectivity index (χ1v) is 14.0. The summed E-state index contributed by atoms with van der Waals surface area (Å²) in [5.74, 6) is 2.49. The minimum atomic E-state index is -0.931. The molecule has 1 atom stereocenters. The number of carboxylic acid groups (broad SMARTS) is 1. The van der Waals surface area contributed by atoms with Gasteiger partial charge in [-0.05, 0) is 55.8 Å². The zero-order valence-corrected chi connectivity index (χ0v) is 23.3. The predicted molar refractivity (Wildman–Crippen MR) is 151 cm³/mol. The van der Waals surface area contributed by atoms with Crippen molar-refractivity contribution < 1.29 is 23.8 Å². The summed E-state index contributed by atoms with van der Waals surface area (Å²) in [5, 5.41) is 10.2. The molecule has 210 valence electrons. The lowest BCUT2D eigenvalue weighted by atomic mass is 10.1. The molecule has 0 unspecified atom stereocenters. The molecular formula is C30H33ClN4O5. The van der Waals surface area contributed by atoms with E-state index in [1.807, 2.05) is 37.3 Å². The van der Waals surface area contributed by atoms with Crippen molar-refractivity contribution >= 4 is 28.6 Å². The van der Waals surface area contributed by atoms with Crippen LogP contribution in [0.4, 0.5) is 0 Å². The molecule has 6 rings (SSSR count). The van der Waals surface area contributed by atoms with E-state index in [9.17, 15) is 9.90 Å². The summed E-state index contributed by atoms with van der Waals surface area (Å²) in [6, 6.07) is 14.8. The van der Waals surface area contributed by atoms with Crippen LogP contribution in [0.1, 0.15) is 39.7 Å². The van der Waals surface area contributed by atoms with E-state index in [1.54, 1.807) is 18.2 Å². The Hall–Kier alpha value is -3.37. The van der Waals surface area contributed by atoms with Crippen molar-refractivity contribution in [3.8, 4) is 5.75 Å². The first-order valence-electron chi connectivity index (χ1n) is 13.7.